The second kappa shape index (κ2) is 13.7. The van der Waals surface area contributed by atoms with Gasteiger partial charge in [0.15, 0.2) is 0 Å². The molecule has 0 heterocycles. The summed E-state index contributed by atoms with van der Waals surface area (Å²) in [6.45, 7) is 1.96. The van der Waals surface area contributed by atoms with Crippen LogP contribution in [0.5, 0.6) is 5.75 Å². The van der Waals surface area contributed by atoms with E-state index in [1.54, 1.807) is 12.1 Å². The summed E-state index contributed by atoms with van der Waals surface area (Å²) in [6.07, 6.45) is -0.238. The molecule has 212 valence electrons. The molecule has 4 aromatic rings. The van der Waals surface area contributed by atoms with Gasteiger partial charge in [-0.25, -0.2) is 0 Å². The number of carbonyl (C=O) groups excluding carboxylic acids is 2. The van der Waals surface area contributed by atoms with Crippen molar-refractivity contribution >= 4 is 22.1 Å². The fourth-order valence-corrected chi connectivity index (χ4v) is 5.02. The van der Waals surface area contributed by atoms with Gasteiger partial charge in [0.25, 0.3) is 0 Å². The molecular weight excluding hydrogens is 542 g/mol. The minimum absolute atomic E-state index is 0.0191. The number of aryl methyl sites for hydroxylation is 1. The van der Waals surface area contributed by atoms with Gasteiger partial charge in [0.2, 0.25) is 0 Å². The lowest BCUT2D eigenvalue weighted by Gasteiger charge is -2.23. The van der Waals surface area contributed by atoms with Crippen LogP contribution in [0.2, 0.25) is 0 Å². The standard InChI is InChI=1S/C32H31NO7S/c1-23-12-18-28(19-13-23)41(36,37)40-27-16-14-26(15-17-27)31(32(35)39-22-25-10-6-3-7-11-25)29(33)20-30(34)38-21-24-8-4-2-5-9-24/h2-19,29,31H,20-22,33H2,1H3. The number of hydrogen-bond acceptors (Lipinski definition) is 8. The molecule has 0 aliphatic rings. The van der Waals surface area contributed by atoms with E-state index >= 15 is 0 Å². The summed E-state index contributed by atoms with van der Waals surface area (Å²) in [5.74, 6) is -2.16. The lowest BCUT2D eigenvalue weighted by Crippen LogP contribution is -2.37. The highest BCUT2D eigenvalue weighted by Crippen LogP contribution is 2.27. The van der Waals surface area contributed by atoms with Gasteiger partial charge in [-0.05, 0) is 47.9 Å². The van der Waals surface area contributed by atoms with Crippen LogP contribution in [0.1, 0.15) is 34.6 Å². The second-order valence-corrected chi connectivity index (χ2v) is 11.1. The Hall–Kier alpha value is -4.47. The Morgan fingerprint density at radius 1 is 0.732 bits per heavy atom. The van der Waals surface area contributed by atoms with E-state index in [0.717, 1.165) is 16.7 Å². The van der Waals surface area contributed by atoms with Crippen LogP contribution in [0.25, 0.3) is 0 Å². The molecule has 4 aromatic carbocycles. The molecule has 0 spiro atoms. The summed E-state index contributed by atoms with van der Waals surface area (Å²) in [5.41, 5.74) is 9.36. The zero-order chi connectivity index (χ0) is 29.2. The van der Waals surface area contributed by atoms with Crippen molar-refractivity contribution in [1.82, 2.24) is 0 Å². The molecule has 8 nitrogen and oxygen atoms in total. The van der Waals surface area contributed by atoms with E-state index in [1.165, 1.54) is 36.4 Å². The fourth-order valence-electron chi connectivity index (χ4n) is 4.09. The summed E-state index contributed by atoms with van der Waals surface area (Å²) in [4.78, 5) is 25.9. The third-order valence-electron chi connectivity index (χ3n) is 6.31. The quantitative estimate of drug-likeness (QED) is 0.185. The third-order valence-corrected chi connectivity index (χ3v) is 7.57. The van der Waals surface area contributed by atoms with Crippen molar-refractivity contribution in [3.05, 3.63) is 131 Å². The summed E-state index contributed by atoms with van der Waals surface area (Å²) < 4.78 is 41.6. The van der Waals surface area contributed by atoms with Gasteiger partial charge in [-0.3, -0.25) is 9.59 Å². The lowest BCUT2D eigenvalue weighted by atomic mass is 9.90. The average molecular weight is 574 g/mol. The van der Waals surface area contributed by atoms with Crippen molar-refractivity contribution in [3.63, 3.8) is 0 Å². The molecule has 0 bridgehead atoms. The summed E-state index contributed by atoms with van der Waals surface area (Å²) in [6, 6.07) is 29.6. The van der Waals surface area contributed by atoms with Crippen LogP contribution in [0.3, 0.4) is 0 Å². The molecule has 0 saturated heterocycles. The first-order chi connectivity index (χ1) is 19.7. The van der Waals surface area contributed by atoms with Crippen LogP contribution < -0.4 is 9.92 Å². The van der Waals surface area contributed by atoms with Crippen LogP contribution >= 0.6 is 0 Å². The topological polar surface area (TPSA) is 122 Å². The Kier molecular flexibility index (Phi) is 9.89. The van der Waals surface area contributed by atoms with E-state index in [4.69, 9.17) is 19.4 Å². The van der Waals surface area contributed by atoms with Gasteiger partial charge in [0.05, 0.1) is 12.3 Å². The predicted molar refractivity (Wildman–Crippen MR) is 153 cm³/mol. The molecule has 0 aliphatic heterocycles. The van der Waals surface area contributed by atoms with Crippen molar-refractivity contribution in [1.29, 1.82) is 0 Å². The van der Waals surface area contributed by atoms with Crippen molar-refractivity contribution < 1.29 is 31.7 Å². The molecular formula is C32H31NO7S. The lowest BCUT2D eigenvalue weighted by molar-refractivity contribution is -0.149. The van der Waals surface area contributed by atoms with Crippen LogP contribution in [-0.4, -0.2) is 26.4 Å². The van der Waals surface area contributed by atoms with Crippen LogP contribution in [0, 0.1) is 6.92 Å². The van der Waals surface area contributed by atoms with E-state index < -0.39 is 34.0 Å². The maximum Gasteiger partial charge on any atom is 0.339 e. The number of esters is 2. The molecule has 41 heavy (non-hydrogen) atoms. The Labute approximate surface area is 239 Å². The highest BCUT2D eigenvalue weighted by Gasteiger charge is 2.31. The molecule has 0 amide bonds. The number of nitrogens with two attached hydrogens (primary N) is 1. The number of rotatable bonds is 12. The predicted octanol–water partition coefficient (Wildman–Crippen LogP) is 5.05. The van der Waals surface area contributed by atoms with Gasteiger partial charge in [0.1, 0.15) is 23.9 Å². The van der Waals surface area contributed by atoms with Crippen LogP contribution in [-0.2, 0) is 42.4 Å². The van der Waals surface area contributed by atoms with Crippen LogP contribution in [0.4, 0.5) is 0 Å². The van der Waals surface area contributed by atoms with Gasteiger partial charge in [-0.15, -0.1) is 0 Å². The molecule has 0 aromatic heterocycles. The molecule has 4 rings (SSSR count). The summed E-state index contributed by atoms with van der Waals surface area (Å²) >= 11 is 0. The normalized spacial score (nSPS) is 12.6. The molecule has 0 aliphatic carbocycles. The molecule has 0 saturated carbocycles. The van der Waals surface area contributed by atoms with Crippen LogP contribution in [0.15, 0.2) is 114 Å². The fraction of sp³-hybridized carbons (Fsp3) is 0.188. The maximum atomic E-state index is 13.3. The molecule has 2 atom stereocenters. The smallest absolute Gasteiger partial charge is 0.339 e. The molecule has 2 N–H and O–H groups in total. The maximum absolute atomic E-state index is 13.3. The first-order valence-electron chi connectivity index (χ1n) is 13.0. The number of benzene rings is 4. The molecule has 0 fully saturated rings. The van der Waals surface area contributed by atoms with Gasteiger partial charge in [-0.2, -0.15) is 8.42 Å². The van der Waals surface area contributed by atoms with Crippen molar-refractivity contribution in [3.8, 4) is 5.75 Å². The monoisotopic (exact) mass is 573 g/mol. The molecule has 0 radical (unpaired) electrons. The Morgan fingerprint density at radius 2 is 1.27 bits per heavy atom. The largest absolute Gasteiger partial charge is 0.461 e. The second-order valence-electron chi connectivity index (χ2n) is 9.50. The molecule has 9 heteroatoms. The Balaban J connectivity index is 1.48. The Morgan fingerprint density at radius 3 is 1.83 bits per heavy atom. The van der Waals surface area contributed by atoms with E-state index in [2.05, 4.69) is 0 Å². The highest BCUT2D eigenvalue weighted by molar-refractivity contribution is 7.87. The van der Waals surface area contributed by atoms with E-state index in [9.17, 15) is 18.0 Å². The van der Waals surface area contributed by atoms with Gasteiger partial charge in [0, 0.05) is 6.04 Å². The van der Waals surface area contributed by atoms with Gasteiger partial charge < -0.3 is 19.4 Å². The first kappa shape index (κ1) is 29.5. The summed E-state index contributed by atoms with van der Waals surface area (Å²) in [7, 11) is -4.06. The zero-order valence-electron chi connectivity index (χ0n) is 22.5. The molecule has 2 unspecified atom stereocenters. The van der Waals surface area contributed by atoms with E-state index in [0.29, 0.717) is 5.56 Å². The Bertz CT molecular complexity index is 1540. The number of carbonyl (C=O) groups is 2. The minimum Gasteiger partial charge on any atom is -0.461 e. The summed E-state index contributed by atoms with van der Waals surface area (Å²) in [5, 5.41) is 0. The van der Waals surface area contributed by atoms with E-state index in [1.807, 2.05) is 67.6 Å². The average Bonchev–Trinajstić information content (AvgIpc) is 2.97. The van der Waals surface area contributed by atoms with Crippen molar-refractivity contribution in [2.75, 3.05) is 0 Å². The highest BCUT2D eigenvalue weighted by atomic mass is 32.2. The minimum atomic E-state index is -4.06. The van der Waals surface area contributed by atoms with Crippen molar-refractivity contribution in [2.24, 2.45) is 5.73 Å². The number of ether oxygens (including phenoxy) is 2. The van der Waals surface area contributed by atoms with E-state index in [-0.39, 0.29) is 30.3 Å². The van der Waals surface area contributed by atoms with Gasteiger partial charge >= 0.3 is 22.1 Å². The van der Waals surface area contributed by atoms with Gasteiger partial charge in [-0.1, -0.05) is 90.5 Å². The first-order valence-corrected chi connectivity index (χ1v) is 14.4. The van der Waals surface area contributed by atoms with Crippen molar-refractivity contribution in [2.45, 2.75) is 43.4 Å². The SMILES string of the molecule is Cc1ccc(S(=O)(=O)Oc2ccc(C(C(=O)OCc3ccccc3)C(N)CC(=O)OCc3ccccc3)cc2)cc1. The third kappa shape index (κ3) is 8.51. The zero-order valence-corrected chi connectivity index (χ0v) is 23.3. The number of hydrogen-bond donors (Lipinski definition) is 1.